The maximum absolute atomic E-state index is 12.8. The van der Waals surface area contributed by atoms with Crippen LogP contribution < -0.4 is 10.0 Å². The SMILES string of the molecule is O=C1CC(c2ccc(C[C@H](NC(=O)c3cccs3)c3nc4ccccc4[nH]3)cc2)S(=O)(=O)N1. The summed E-state index contributed by atoms with van der Waals surface area (Å²) in [6, 6.07) is 17.9. The second-order valence-electron chi connectivity index (χ2n) is 7.85. The van der Waals surface area contributed by atoms with Crippen LogP contribution in [0.3, 0.4) is 0 Å². The van der Waals surface area contributed by atoms with E-state index in [0.29, 0.717) is 22.7 Å². The van der Waals surface area contributed by atoms with Crippen LogP contribution in [0.2, 0.25) is 0 Å². The van der Waals surface area contributed by atoms with E-state index < -0.39 is 27.2 Å². The number of imidazole rings is 1. The number of amides is 2. The van der Waals surface area contributed by atoms with Crippen LogP contribution in [-0.2, 0) is 21.2 Å². The number of thiophene rings is 1. The third-order valence-electron chi connectivity index (χ3n) is 5.58. The Bertz CT molecular complexity index is 1390. The minimum Gasteiger partial charge on any atom is -0.341 e. The number of fused-ring (bicyclic) bond motifs is 1. The van der Waals surface area contributed by atoms with Crippen molar-refractivity contribution in [3.05, 3.63) is 87.9 Å². The summed E-state index contributed by atoms with van der Waals surface area (Å²) < 4.78 is 26.3. The van der Waals surface area contributed by atoms with Crippen LogP contribution in [0.4, 0.5) is 0 Å². The highest BCUT2D eigenvalue weighted by molar-refractivity contribution is 7.90. The van der Waals surface area contributed by atoms with Gasteiger partial charge in [-0.3, -0.25) is 14.3 Å². The van der Waals surface area contributed by atoms with Gasteiger partial charge in [-0.2, -0.15) is 0 Å². The molecule has 1 unspecified atom stereocenters. The average Bonchev–Trinajstić information content (AvgIpc) is 3.52. The Morgan fingerprint density at radius 2 is 1.91 bits per heavy atom. The smallest absolute Gasteiger partial charge is 0.261 e. The summed E-state index contributed by atoms with van der Waals surface area (Å²) >= 11 is 1.36. The fourth-order valence-electron chi connectivity index (χ4n) is 3.94. The predicted molar refractivity (Wildman–Crippen MR) is 125 cm³/mol. The van der Waals surface area contributed by atoms with Crippen molar-refractivity contribution in [1.82, 2.24) is 20.0 Å². The molecule has 2 aromatic heterocycles. The van der Waals surface area contributed by atoms with Crippen LogP contribution in [0.25, 0.3) is 11.0 Å². The largest absolute Gasteiger partial charge is 0.341 e. The van der Waals surface area contributed by atoms with E-state index in [9.17, 15) is 18.0 Å². The zero-order valence-electron chi connectivity index (χ0n) is 17.3. The van der Waals surface area contributed by atoms with E-state index in [2.05, 4.69) is 15.3 Å². The molecule has 0 bridgehead atoms. The molecule has 8 nitrogen and oxygen atoms in total. The molecule has 1 fully saturated rings. The molecule has 0 aliphatic carbocycles. The Morgan fingerprint density at radius 1 is 1.12 bits per heavy atom. The van der Waals surface area contributed by atoms with Crippen LogP contribution >= 0.6 is 11.3 Å². The van der Waals surface area contributed by atoms with E-state index in [1.807, 2.05) is 52.6 Å². The van der Waals surface area contributed by atoms with Gasteiger partial charge >= 0.3 is 0 Å². The van der Waals surface area contributed by atoms with Crippen molar-refractivity contribution >= 4 is 44.2 Å². The van der Waals surface area contributed by atoms with Gasteiger partial charge in [0.05, 0.1) is 28.4 Å². The number of aromatic amines is 1. The highest BCUT2D eigenvalue weighted by Crippen LogP contribution is 2.30. The van der Waals surface area contributed by atoms with Gasteiger partial charge in [0.15, 0.2) is 0 Å². The highest BCUT2D eigenvalue weighted by Gasteiger charge is 2.37. The standard InChI is InChI=1S/C23H20N4O4S2/c28-21-13-20(33(30,31)27-21)15-9-7-14(8-10-15)12-18(26-23(29)19-6-3-11-32-19)22-24-16-4-1-2-5-17(16)25-22/h1-11,18,20H,12-13H2,(H,24,25)(H,26,29)(H,27,28)/t18-,20?/m0/s1. The lowest BCUT2D eigenvalue weighted by molar-refractivity contribution is -0.118. The maximum atomic E-state index is 12.8. The lowest BCUT2D eigenvalue weighted by Crippen LogP contribution is -2.30. The summed E-state index contributed by atoms with van der Waals surface area (Å²) in [4.78, 5) is 32.9. The third kappa shape index (κ3) is 4.39. The number of rotatable bonds is 6. The maximum Gasteiger partial charge on any atom is 0.261 e. The van der Waals surface area contributed by atoms with Crippen molar-refractivity contribution < 1.29 is 18.0 Å². The number of H-pyrrole nitrogens is 1. The molecular weight excluding hydrogens is 460 g/mol. The predicted octanol–water partition coefficient (Wildman–Crippen LogP) is 3.23. The Morgan fingerprint density at radius 3 is 2.58 bits per heavy atom. The van der Waals surface area contributed by atoms with Gasteiger partial charge in [0, 0.05) is 0 Å². The minimum absolute atomic E-state index is 0.0832. The van der Waals surface area contributed by atoms with Crippen LogP contribution in [0.1, 0.15) is 44.3 Å². The number of carbonyl (C=O) groups is 2. The first-order chi connectivity index (χ1) is 15.9. The molecule has 0 saturated carbocycles. The molecule has 2 amide bonds. The molecule has 10 heteroatoms. The molecular formula is C23H20N4O4S2. The van der Waals surface area contributed by atoms with Gasteiger partial charge in [0.25, 0.3) is 5.91 Å². The van der Waals surface area contributed by atoms with Crippen molar-refractivity contribution in [3.63, 3.8) is 0 Å². The third-order valence-corrected chi connectivity index (χ3v) is 8.15. The minimum atomic E-state index is -3.69. The summed E-state index contributed by atoms with van der Waals surface area (Å²) in [5.41, 5.74) is 3.13. The van der Waals surface area contributed by atoms with Gasteiger partial charge in [0.2, 0.25) is 15.9 Å². The van der Waals surface area contributed by atoms with E-state index >= 15 is 0 Å². The van der Waals surface area contributed by atoms with Gasteiger partial charge in [-0.05, 0) is 41.1 Å². The molecule has 2 aromatic carbocycles. The monoisotopic (exact) mass is 480 g/mol. The number of hydrogen-bond acceptors (Lipinski definition) is 6. The molecule has 5 rings (SSSR count). The number of carbonyl (C=O) groups excluding carboxylic acids is 2. The summed E-state index contributed by atoms with van der Waals surface area (Å²) in [6.07, 6.45) is 0.367. The number of hydrogen-bond donors (Lipinski definition) is 3. The quantitative estimate of drug-likeness (QED) is 0.391. The van der Waals surface area contributed by atoms with E-state index in [4.69, 9.17) is 0 Å². The Balaban J connectivity index is 1.42. The number of benzene rings is 2. The summed E-state index contributed by atoms with van der Waals surface area (Å²) in [7, 11) is -3.69. The number of nitrogens with one attached hydrogen (secondary N) is 3. The first kappa shape index (κ1) is 21.4. The fraction of sp³-hybridized carbons (Fsp3) is 0.174. The van der Waals surface area contributed by atoms with Gasteiger partial charge in [-0.25, -0.2) is 13.4 Å². The number of para-hydroxylation sites is 2. The van der Waals surface area contributed by atoms with E-state index in [0.717, 1.165) is 16.6 Å². The molecule has 33 heavy (non-hydrogen) atoms. The first-order valence-corrected chi connectivity index (χ1v) is 12.7. The van der Waals surface area contributed by atoms with Crippen molar-refractivity contribution in [2.45, 2.75) is 24.1 Å². The average molecular weight is 481 g/mol. The first-order valence-electron chi connectivity index (χ1n) is 10.3. The zero-order chi connectivity index (χ0) is 23.0. The van der Waals surface area contributed by atoms with Crippen molar-refractivity contribution in [2.75, 3.05) is 0 Å². The van der Waals surface area contributed by atoms with Gasteiger partial charge in [-0.1, -0.05) is 42.5 Å². The molecule has 168 valence electrons. The Kier molecular flexibility index (Phi) is 5.47. The molecule has 1 aliphatic rings. The van der Waals surface area contributed by atoms with Crippen LogP contribution in [-0.4, -0.2) is 30.2 Å². The molecule has 2 atom stereocenters. The normalized spacial score (nSPS) is 18.2. The molecule has 3 heterocycles. The molecule has 4 aromatic rings. The number of sulfonamides is 1. The Hall–Kier alpha value is -3.50. The molecule has 3 N–H and O–H groups in total. The van der Waals surface area contributed by atoms with Crippen molar-refractivity contribution in [2.24, 2.45) is 0 Å². The second-order valence-corrected chi connectivity index (χ2v) is 10.7. The highest BCUT2D eigenvalue weighted by atomic mass is 32.2. The lowest BCUT2D eigenvalue weighted by atomic mass is 10.0. The summed E-state index contributed by atoms with van der Waals surface area (Å²) in [5, 5.41) is 4.02. The van der Waals surface area contributed by atoms with Crippen LogP contribution in [0, 0.1) is 0 Å². The summed E-state index contributed by atoms with van der Waals surface area (Å²) in [5.74, 6) is -0.0441. The van der Waals surface area contributed by atoms with Gasteiger partial charge in [-0.15, -0.1) is 11.3 Å². The number of nitrogens with zero attached hydrogens (tertiary/aromatic N) is 1. The topological polar surface area (TPSA) is 121 Å². The van der Waals surface area contributed by atoms with E-state index in [-0.39, 0.29) is 12.3 Å². The van der Waals surface area contributed by atoms with Crippen LogP contribution in [0.5, 0.6) is 0 Å². The number of aromatic nitrogens is 2. The van der Waals surface area contributed by atoms with Gasteiger partial charge in [0.1, 0.15) is 11.1 Å². The molecule has 0 radical (unpaired) electrons. The van der Waals surface area contributed by atoms with Crippen molar-refractivity contribution in [3.8, 4) is 0 Å². The second kappa shape index (κ2) is 8.45. The fourth-order valence-corrected chi connectivity index (χ4v) is 6.00. The zero-order valence-corrected chi connectivity index (χ0v) is 18.9. The van der Waals surface area contributed by atoms with Crippen LogP contribution in [0.15, 0.2) is 66.0 Å². The molecule has 0 spiro atoms. The summed E-state index contributed by atoms with van der Waals surface area (Å²) in [6.45, 7) is 0. The van der Waals surface area contributed by atoms with E-state index in [1.54, 1.807) is 18.2 Å². The van der Waals surface area contributed by atoms with E-state index in [1.165, 1.54) is 11.3 Å². The lowest BCUT2D eigenvalue weighted by Gasteiger charge is -2.17. The Labute approximate surface area is 194 Å². The molecule has 1 saturated heterocycles. The van der Waals surface area contributed by atoms with Gasteiger partial charge < -0.3 is 10.3 Å². The molecule has 1 aliphatic heterocycles. The van der Waals surface area contributed by atoms with Crippen molar-refractivity contribution in [1.29, 1.82) is 0 Å².